The van der Waals surface area contributed by atoms with E-state index in [4.69, 9.17) is 0 Å². The molecule has 2 aromatic carbocycles. The Balaban J connectivity index is 2.04. The van der Waals surface area contributed by atoms with E-state index in [1.807, 2.05) is 6.07 Å². The van der Waals surface area contributed by atoms with Crippen molar-refractivity contribution in [2.45, 2.75) is 6.18 Å². The van der Waals surface area contributed by atoms with Crippen molar-refractivity contribution in [3.05, 3.63) is 65.2 Å². The van der Waals surface area contributed by atoms with Crippen LogP contribution < -0.4 is 0 Å². The number of halogens is 4. The number of imidazole rings is 1. The van der Waals surface area contributed by atoms with Crippen molar-refractivity contribution in [1.82, 2.24) is 9.97 Å². The molecule has 0 aliphatic heterocycles. The van der Waals surface area contributed by atoms with E-state index in [0.717, 1.165) is 12.1 Å². The van der Waals surface area contributed by atoms with Gasteiger partial charge in [-0.3, -0.25) is 0 Å². The molecule has 1 aromatic heterocycles. The van der Waals surface area contributed by atoms with Gasteiger partial charge in [0.15, 0.2) is 0 Å². The fourth-order valence-electron chi connectivity index (χ4n) is 2.23. The third kappa shape index (κ3) is 3.13. The van der Waals surface area contributed by atoms with Gasteiger partial charge in [0, 0.05) is 0 Å². The Labute approximate surface area is 133 Å². The number of fused-ring (bicyclic) bond motifs is 1. The minimum atomic E-state index is -4.46. The summed E-state index contributed by atoms with van der Waals surface area (Å²) in [4.78, 5) is 6.95. The van der Waals surface area contributed by atoms with E-state index in [1.54, 1.807) is 0 Å². The average Bonchev–Trinajstić information content (AvgIpc) is 2.95. The van der Waals surface area contributed by atoms with Crippen LogP contribution in [0.3, 0.4) is 0 Å². The molecule has 1 heterocycles. The fraction of sp³-hybridized carbons (Fsp3) is 0.0588. The van der Waals surface area contributed by atoms with E-state index in [-0.39, 0.29) is 17.0 Å². The molecule has 0 atom stereocenters. The summed E-state index contributed by atoms with van der Waals surface area (Å²) >= 11 is 0. The summed E-state index contributed by atoms with van der Waals surface area (Å²) in [6.07, 6.45) is -3.17. The summed E-state index contributed by atoms with van der Waals surface area (Å²) in [5.41, 5.74) is 0.311. The van der Waals surface area contributed by atoms with E-state index in [1.165, 1.54) is 36.4 Å². The van der Waals surface area contributed by atoms with Gasteiger partial charge in [-0.2, -0.15) is 18.4 Å². The van der Waals surface area contributed by atoms with Crippen molar-refractivity contribution in [1.29, 1.82) is 5.26 Å². The van der Waals surface area contributed by atoms with Crippen LogP contribution in [0.5, 0.6) is 0 Å². The van der Waals surface area contributed by atoms with Gasteiger partial charge in [-0.1, -0.05) is 12.1 Å². The molecule has 120 valence electrons. The highest BCUT2D eigenvalue weighted by molar-refractivity contribution is 5.90. The van der Waals surface area contributed by atoms with Crippen LogP contribution in [0.25, 0.3) is 22.7 Å². The smallest absolute Gasteiger partial charge is 0.337 e. The molecule has 0 radical (unpaired) electrons. The van der Waals surface area contributed by atoms with Gasteiger partial charge in [-0.15, -0.1) is 0 Å². The second-order valence-electron chi connectivity index (χ2n) is 5.04. The number of hydrogen-bond donors (Lipinski definition) is 1. The number of H-pyrrole nitrogens is 1. The lowest BCUT2D eigenvalue weighted by Gasteiger charge is -2.06. The number of allylic oxidation sites excluding steroid dienone is 1. The van der Waals surface area contributed by atoms with E-state index < -0.39 is 17.6 Å². The van der Waals surface area contributed by atoms with Crippen LogP contribution in [0.4, 0.5) is 17.6 Å². The molecule has 0 saturated carbocycles. The van der Waals surface area contributed by atoms with Crippen LogP contribution in [-0.4, -0.2) is 9.97 Å². The van der Waals surface area contributed by atoms with E-state index in [2.05, 4.69) is 9.97 Å². The molecule has 0 amide bonds. The number of nitrogens with zero attached hydrogens (tertiary/aromatic N) is 2. The maximum Gasteiger partial charge on any atom is 0.416 e. The molecule has 0 fully saturated rings. The van der Waals surface area contributed by atoms with Gasteiger partial charge in [-0.05, 0) is 42.0 Å². The Morgan fingerprint density at radius 2 is 1.96 bits per heavy atom. The number of nitrogens with one attached hydrogen (secondary N) is 1. The van der Waals surface area contributed by atoms with Gasteiger partial charge >= 0.3 is 6.18 Å². The maximum absolute atomic E-state index is 13.2. The summed E-state index contributed by atoms with van der Waals surface area (Å²) in [5.74, 6) is -0.298. The van der Waals surface area contributed by atoms with Crippen LogP contribution in [0.15, 0.2) is 42.5 Å². The molecule has 0 unspecified atom stereocenters. The number of nitriles is 1. The van der Waals surface area contributed by atoms with Crippen LogP contribution >= 0.6 is 0 Å². The molecule has 0 spiro atoms. The van der Waals surface area contributed by atoms with Gasteiger partial charge in [0.05, 0.1) is 22.2 Å². The lowest BCUT2D eigenvalue weighted by atomic mass is 10.1. The number of hydrogen-bond acceptors (Lipinski definition) is 2. The third-order valence-electron chi connectivity index (χ3n) is 3.34. The van der Waals surface area contributed by atoms with Crippen LogP contribution in [0.1, 0.15) is 17.0 Å². The minimum absolute atomic E-state index is 0.0472. The molecule has 3 rings (SSSR count). The summed E-state index contributed by atoms with van der Waals surface area (Å²) < 4.78 is 51.4. The molecule has 7 heteroatoms. The molecule has 0 bridgehead atoms. The molecular formula is C17H9F4N3. The fourth-order valence-corrected chi connectivity index (χ4v) is 2.23. The third-order valence-corrected chi connectivity index (χ3v) is 3.34. The average molecular weight is 331 g/mol. The quantitative estimate of drug-likeness (QED) is 0.542. The zero-order valence-electron chi connectivity index (χ0n) is 12.0. The number of benzene rings is 2. The largest absolute Gasteiger partial charge is 0.416 e. The molecule has 24 heavy (non-hydrogen) atoms. The number of aromatic nitrogens is 2. The summed E-state index contributed by atoms with van der Waals surface area (Å²) in [5, 5.41) is 9.28. The highest BCUT2D eigenvalue weighted by atomic mass is 19.4. The second-order valence-corrected chi connectivity index (χ2v) is 5.04. The predicted molar refractivity (Wildman–Crippen MR) is 81.0 cm³/mol. The first-order valence-corrected chi connectivity index (χ1v) is 6.81. The lowest BCUT2D eigenvalue weighted by Crippen LogP contribution is -2.04. The zero-order chi connectivity index (χ0) is 17.3. The summed E-state index contributed by atoms with van der Waals surface area (Å²) in [6.45, 7) is 0. The Morgan fingerprint density at radius 3 is 2.67 bits per heavy atom. The monoisotopic (exact) mass is 331 g/mol. The number of aromatic amines is 1. The Hall–Kier alpha value is -3.14. The number of alkyl halides is 3. The molecule has 0 aliphatic carbocycles. The van der Waals surface area contributed by atoms with E-state index >= 15 is 0 Å². The first kappa shape index (κ1) is 15.7. The van der Waals surface area contributed by atoms with Crippen molar-refractivity contribution < 1.29 is 17.6 Å². The van der Waals surface area contributed by atoms with Crippen molar-refractivity contribution in [2.24, 2.45) is 0 Å². The lowest BCUT2D eigenvalue weighted by molar-refractivity contribution is -0.137. The zero-order valence-corrected chi connectivity index (χ0v) is 12.0. The van der Waals surface area contributed by atoms with Gasteiger partial charge in [0.25, 0.3) is 0 Å². The van der Waals surface area contributed by atoms with Crippen LogP contribution in [0.2, 0.25) is 0 Å². The Morgan fingerprint density at radius 1 is 1.17 bits per heavy atom. The van der Waals surface area contributed by atoms with E-state index in [9.17, 15) is 22.8 Å². The molecule has 0 saturated heterocycles. The summed E-state index contributed by atoms with van der Waals surface area (Å²) in [7, 11) is 0. The standard InChI is InChI=1S/C17H9F4N3/c18-13-4-5-14-15(8-13)24-16(23-14)11(9-22)6-10-2-1-3-12(7-10)17(19,20)21/h1-8H,(H,23,24)/b11-6-. The predicted octanol–water partition coefficient (Wildman–Crippen LogP) is 4.78. The first-order valence-electron chi connectivity index (χ1n) is 6.81. The van der Waals surface area contributed by atoms with Gasteiger partial charge in [0.1, 0.15) is 17.7 Å². The molecule has 3 aromatic rings. The molecule has 3 nitrogen and oxygen atoms in total. The van der Waals surface area contributed by atoms with Crippen molar-refractivity contribution >= 4 is 22.7 Å². The Bertz CT molecular complexity index is 977. The van der Waals surface area contributed by atoms with Gasteiger partial charge in [0.2, 0.25) is 0 Å². The SMILES string of the molecule is N#C/C(=C/c1cccc(C(F)(F)F)c1)c1nc2ccc(F)cc2[nH]1. The van der Waals surface area contributed by atoms with E-state index in [0.29, 0.717) is 11.0 Å². The minimum Gasteiger partial charge on any atom is -0.337 e. The second kappa shape index (κ2) is 5.81. The highest BCUT2D eigenvalue weighted by Gasteiger charge is 2.30. The Kier molecular flexibility index (Phi) is 3.81. The van der Waals surface area contributed by atoms with Crippen LogP contribution in [-0.2, 0) is 6.18 Å². The first-order chi connectivity index (χ1) is 11.4. The molecular weight excluding hydrogens is 322 g/mol. The van der Waals surface area contributed by atoms with Crippen LogP contribution in [0, 0.1) is 17.1 Å². The van der Waals surface area contributed by atoms with Gasteiger partial charge in [-0.25, -0.2) is 9.37 Å². The normalized spacial score (nSPS) is 12.4. The highest BCUT2D eigenvalue weighted by Crippen LogP contribution is 2.30. The molecule has 1 N–H and O–H groups in total. The molecule has 0 aliphatic rings. The van der Waals surface area contributed by atoms with Crippen molar-refractivity contribution in [3.8, 4) is 6.07 Å². The van der Waals surface area contributed by atoms with Crippen molar-refractivity contribution in [3.63, 3.8) is 0 Å². The van der Waals surface area contributed by atoms with Gasteiger partial charge < -0.3 is 4.98 Å². The topological polar surface area (TPSA) is 52.5 Å². The number of rotatable bonds is 2. The maximum atomic E-state index is 13.2. The summed E-state index contributed by atoms with van der Waals surface area (Å²) in [6, 6.07) is 10.4. The van der Waals surface area contributed by atoms with Crippen molar-refractivity contribution in [2.75, 3.05) is 0 Å².